The minimum absolute atomic E-state index is 0.359. The molecule has 1 heterocycles. The number of nitrogens with zero attached hydrogens (tertiary/aromatic N) is 2. The lowest BCUT2D eigenvalue weighted by Gasteiger charge is -2.23. The number of ether oxygens (including phenoxy) is 3. The molecule has 2 rings (SSSR count). The highest BCUT2D eigenvalue weighted by atomic mass is 16.5. The van der Waals surface area contributed by atoms with Gasteiger partial charge >= 0.3 is 0 Å². The number of nitrogens with one attached hydrogen (secondary N) is 1. The zero-order valence-electron chi connectivity index (χ0n) is 17.1. The summed E-state index contributed by atoms with van der Waals surface area (Å²) in [6, 6.07) is 8.09. The molecule has 0 aromatic heterocycles. The second-order valence-corrected chi connectivity index (χ2v) is 6.81. The van der Waals surface area contributed by atoms with Crippen LogP contribution in [0.25, 0.3) is 0 Å². The van der Waals surface area contributed by atoms with Crippen molar-refractivity contribution in [3.63, 3.8) is 0 Å². The topological polar surface area (TPSA) is 55.3 Å². The number of rotatable bonds is 10. The number of hydrogen-bond donors (Lipinski definition) is 1. The van der Waals surface area contributed by atoms with Gasteiger partial charge in [0.2, 0.25) is 0 Å². The number of hydrogen-bond acceptors (Lipinski definition) is 4. The Labute approximate surface area is 163 Å². The summed E-state index contributed by atoms with van der Waals surface area (Å²) in [4.78, 5) is 6.82. The molecule has 1 aromatic rings. The Morgan fingerprint density at radius 3 is 2.78 bits per heavy atom. The average Bonchev–Trinajstić information content (AvgIpc) is 2.69. The second kappa shape index (κ2) is 12.6. The first-order chi connectivity index (χ1) is 13.2. The Kier molecular flexibility index (Phi) is 10.0. The van der Waals surface area contributed by atoms with Crippen LogP contribution in [0.1, 0.15) is 31.7 Å². The summed E-state index contributed by atoms with van der Waals surface area (Å²) < 4.78 is 17.2. The van der Waals surface area contributed by atoms with Gasteiger partial charge in [-0.3, -0.25) is 4.99 Å². The standard InChI is InChI=1S/C21H35N3O3/c1-4-22-21(23-12-7-14-26-19-10-15-25-16-11-19)24(3)13-17-27-20-9-6-5-8-18(20)2/h5-6,8-9,19H,4,7,10-17H2,1-3H3,(H,22,23). The highest BCUT2D eigenvalue weighted by molar-refractivity contribution is 5.79. The fourth-order valence-corrected chi connectivity index (χ4v) is 2.93. The molecule has 1 aromatic carbocycles. The van der Waals surface area contributed by atoms with Gasteiger partial charge in [0, 0.05) is 40.0 Å². The second-order valence-electron chi connectivity index (χ2n) is 6.81. The highest BCUT2D eigenvalue weighted by Gasteiger charge is 2.13. The average molecular weight is 378 g/mol. The molecule has 152 valence electrons. The van der Waals surface area contributed by atoms with E-state index in [1.807, 2.05) is 25.2 Å². The minimum Gasteiger partial charge on any atom is -0.491 e. The monoisotopic (exact) mass is 377 g/mol. The van der Waals surface area contributed by atoms with Crippen LogP contribution in [0, 0.1) is 6.92 Å². The van der Waals surface area contributed by atoms with Gasteiger partial charge in [-0.05, 0) is 44.7 Å². The third kappa shape index (κ3) is 8.18. The molecule has 0 spiro atoms. The number of aryl methyl sites for hydroxylation is 1. The lowest BCUT2D eigenvalue weighted by atomic mass is 10.1. The van der Waals surface area contributed by atoms with E-state index in [2.05, 4.69) is 30.1 Å². The molecule has 6 nitrogen and oxygen atoms in total. The summed E-state index contributed by atoms with van der Waals surface area (Å²) in [5.41, 5.74) is 1.16. The fraction of sp³-hybridized carbons (Fsp3) is 0.667. The van der Waals surface area contributed by atoms with E-state index in [-0.39, 0.29) is 0 Å². The normalized spacial score (nSPS) is 15.6. The van der Waals surface area contributed by atoms with E-state index < -0.39 is 0 Å². The Balaban J connectivity index is 1.68. The van der Waals surface area contributed by atoms with Gasteiger partial charge < -0.3 is 24.4 Å². The lowest BCUT2D eigenvalue weighted by Crippen LogP contribution is -2.41. The first-order valence-corrected chi connectivity index (χ1v) is 10.1. The highest BCUT2D eigenvalue weighted by Crippen LogP contribution is 2.15. The maximum atomic E-state index is 5.91. The lowest BCUT2D eigenvalue weighted by molar-refractivity contribution is -0.0318. The van der Waals surface area contributed by atoms with E-state index in [1.54, 1.807) is 0 Å². The zero-order chi connectivity index (χ0) is 19.3. The molecule has 0 unspecified atom stereocenters. The molecular formula is C21H35N3O3. The Morgan fingerprint density at radius 1 is 1.26 bits per heavy atom. The van der Waals surface area contributed by atoms with Crippen LogP contribution in [0.2, 0.25) is 0 Å². The van der Waals surface area contributed by atoms with Crippen molar-refractivity contribution in [3.8, 4) is 5.75 Å². The van der Waals surface area contributed by atoms with Crippen molar-refractivity contribution in [1.29, 1.82) is 0 Å². The summed E-state index contributed by atoms with van der Waals surface area (Å²) in [6.45, 7) is 9.56. The molecule has 0 radical (unpaired) electrons. The largest absolute Gasteiger partial charge is 0.491 e. The van der Waals surface area contributed by atoms with E-state index in [4.69, 9.17) is 19.2 Å². The third-order valence-electron chi connectivity index (χ3n) is 4.56. The molecule has 1 aliphatic heterocycles. The van der Waals surface area contributed by atoms with Crippen LogP contribution in [0.3, 0.4) is 0 Å². The van der Waals surface area contributed by atoms with Gasteiger partial charge in [-0.15, -0.1) is 0 Å². The number of guanidine groups is 1. The molecule has 27 heavy (non-hydrogen) atoms. The molecule has 0 atom stereocenters. The van der Waals surface area contributed by atoms with Crippen LogP contribution in [0.4, 0.5) is 0 Å². The van der Waals surface area contributed by atoms with Crippen molar-refractivity contribution in [2.75, 3.05) is 53.1 Å². The maximum absolute atomic E-state index is 5.91. The van der Waals surface area contributed by atoms with Crippen LogP contribution in [-0.4, -0.2) is 70.1 Å². The smallest absolute Gasteiger partial charge is 0.193 e. The third-order valence-corrected chi connectivity index (χ3v) is 4.56. The van der Waals surface area contributed by atoms with E-state index in [1.165, 1.54) is 0 Å². The van der Waals surface area contributed by atoms with Gasteiger partial charge in [0.05, 0.1) is 12.6 Å². The molecule has 0 amide bonds. The van der Waals surface area contributed by atoms with Gasteiger partial charge in [-0.1, -0.05) is 18.2 Å². The van der Waals surface area contributed by atoms with Gasteiger partial charge in [0.25, 0.3) is 0 Å². The van der Waals surface area contributed by atoms with Crippen LogP contribution in [0.15, 0.2) is 29.3 Å². The van der Waals surface area contributed by atoms with Gasteiger partial charge in [-0.2, -0.15) is 0 Å². The molecular weight excluding hydrogens is 342 g/mol. The van der Waals surface area contributed by atoms with E-state index in [0.717, 1.165) is 76.0 Å². The molecule has 0 saturated carbocycles. The summed E-state index contributed by atoms with van der Waals surface area (Å²) in [7, 11) is 2.04. The number of likely N-dealkylation sites (N-methyl/N-ethyl adjacent to an activating group) is 1. The molecule has 0 aliphatic carbocycles. The van der Waals surface area contributed by atoms with Gasteiger partial charge in [0.15, 0.2) is 5.96 Å². The van der Waals surface area contributed by atoms with Crippen LogP contribution >= 0.6 is 0 Å². The van der Waals surface area contributed by atoms with E-state index >= 15 is 0 Å². The molecule has 0 bridgehead atoms. The van der Waals surface area contributed by atoms with Crippen LogP contribution in [-0.2, 0) is 9.47 Å². The van der Waals surface area contributed by atoms with E-state index in [9.17, 15) is 0 Å². The molecule has 6 heteroatoms. The Bertz CT molecular complexity index is 559. The summed E-state index contributed by atoms with van der Waals surface area (Å²) in [5, 5.41) is 3.35. The van der Waals surface area contributed by atoms with E-state index in [0.29, 0.717) is 12.7 Å². The maximum Gasteiger partial charge on any atom is 0.193 e. The predicted octanol–water partition coefficient (Wildman–Crippen LogP) is 2.86. The summed E-state index contributed by atoms with van der Waals surface area (Å²) >= 11 is 0. The van der Waals surface area contributed by atoms with Crippen molar-refractivity contribution < 1.29 is 14.2 Å². The SMILES string of the molecule is CCNC(=NCCCOC1CCOCC1)N(C)CCOc1ccccc1C. The van der Waals surface area contributed by atoms with Gasteiger partial charge in [0.1, 0.15) is 12.4 Å². The Morgan fingerprint density at radius 2 is 2.04 bits per heavy atom. The molecule has 1 saturated heterocycles. The number of benzene rings is 1. The number of aliphatic imine (C=N–C) groups is 1. The summed E-state index contributed by atoms with van der Waals surface area (Å²) in [5.74, 6) is 1.86. The van der Waals surface area contributed by atoms with Crippen LogP contribution in [0.5, 0.6) is 5.75 Å². The van der Waals surface area contributed by atoms with Crippen molar-refractivity contribution in [1.82, 2.24) is 10.2 Å². The van der Waals surface area contributed by atoms with Gasteiger partial charge in [-0.25, -0.2) is 0 Å². The van der Waals surface area contributed by atoms with Crippen molar-refractivity contribution in [2.24, 2.45) is 4.99 Å². The quantitative estimate of drug-likeness (QED) is 0.386. The molecule has 1 N–H and O–H groups in total. The van der Waals surface area contributed by atoms with Crippen LogP contribution < -0.4 is 10.1 Å². The first kappa shape index (κ1) is 21.5. The van der Waals surface area contributed by atoms with Crippen molar-refractivity contribution >= 4 is 5.96 Å². The zero-order valence-corrected chi connectivity index (χ0v) is 17.1. The molecule has 1 fully saturated rings. The minimum atomic E-state index is 0.359. The first-order valence-electron chi connectivity index (χ1n) is 10.1. The predicted molar refractivity (Wildman–Crippen MR) is 110 cm³/mol. The Hall–Kier alpha value is -1.79. The number of para-hydroxylation sites is 1. The van der Waals surface area contributed by atoms with Crippen molar-refractivity contribution in [2.45, 2.75) is 39.2 Å². The fourth-order valence-electron chi connectivity index (χ4n) is 2.93. The molecule has 1 aliphatic rings. The summed E-state index contributed by atoms with van der Waals surface area (Å²) in [6.07, 6.45) is 3.31. The van der Waals surface area contributed by atoms with Crippen molar-refractivity contribution in [3.05, 3.63) is 29.8 Å².